The first-order valence-electron chi connectivity index (χ1n) is 11.8. The molecule has 0 atom stereocenters. The molecule has 9 heteroatoms. The van der Waals surface area contributed by atoms with Crippen molar-refractivity contribution in [2.24, 2.45) is 0 Å². The van der Waals surface area contributed by atoms with E-state index in [1.807, 2.05) is 51.2 Å². The number of hydrogen-bond acceptors (Lipinski definition) is 6. The molecule has 1 saturated heterocycles. The molecule has 1 aliphatic heterocycles. The van der Waals surface area contributed by atoms with Crippen LogP contribution in [0.5, 0.6) is 5.75 Å². The summed E-state index contributed by atoms with van der Waals surface area (Å²) in [6.45, 7) is 8.19. The average Bonchev–Trinajstić information content (AvgIpc) is 3.26. The highest BCUT2D eigenvalue weighted by Crippen LogP contribution is 2.32. The number of anilines is 1. The van der Waals surface area contributed by atoms with Gasteiger partial charge in [0.1, 0.15) is 17.1 Å². The normalized spacial score (nSPS) is 15.4. The third-order valence-electron chi connectivity index (χ3n) is 6.39. The number of hydrogen-bond donors (Lipinski definition) is 3. The van der Waals surface area contributed by atoms with Crippen molar-refractivity contribution in [2.75, 3.05) is 32.1 Å². The second-order valence-corrected chi connectivity index (χ2v) is 10.4. The molecule has 34 heavy (non-hydrogen) atoms. The topological polar surface area (TPSA) is 95.2 Å². The SMILES string of the molecule is CCC(C)(C)NC(=O)COc1ccc(-c2nc3c(NC4CCN(C)CC4)c(Br)cnc3[nH]2)cc1. The van der Waals surface area contributed by atoms with Gasteiger partial charge in [0, 0.05) is 23.3 Å². The van der Waals surface area contributed by atoms with Gasteiger partial charge >= 0.3 is 0 Å². The fourth-order valence-corrected chi connectivity index (χ4v) is 4.33. The van der Waals surface area contributed by atoms with Crippen LogP contribution in [0.4, 0.5) is 5.69 Å². The van der Waals surface area contributed by atoms with Crippen LogP contribution in [0.25, 0.3) is 22.6 Å². The fraction of sp³-hybridized carbons (Fsp3) is 0.480. The first-order valence-corrected chi connectivity index (χ1v) is 12.6. The van der Waals surface area contributed by atoms with Crippen LogP contribution in [-0.4, -0.2) is 64.1 Å². The molecule has 1 aromatic carbocycles. The molecule has 0 spiro atoms. The Balaban J connectivity index is 1.46. The highest BCUT2D eigenvalue weighted by molar-refractivity contribution is 9.10. The highest BCUT2D eigenvalue weighted by atomic mass is 79.9. The zero-order valence-corrected chi connectivity index (χ0v) is 21.8. The van der Waals surface area contributed by atoms with Gasteiger partial charge in [0.2, 0.25) is 0 Å². The van der Waals surface area contributed by atoms with Crippen LogP contribution in [0.3, 0.4) is 0 Å². The van der Waals surface area contributed by atoms with Crippen molar-refractivity contribution < 1.29 is 9.53 Å². The molecule has 8 nitrogen and oxygen atoms in total. The van der Waals surface area contributed by atoms with Crippen molar-refractivity contribution in [3.8, 4) is 17.1 Å². The largest absolute Gasteiger partial charge is 0.484 e. The fourth-order valence-electron chi connectivity index (χ4n) is 3.92. The number of nitrogens with one attached hydrogen (secondary N) is 3. The molecule has 182 valence electrons. The summed E-state index contributed by atoms with van der Waals surface area (Å²) in [4.78, 5) is 27.2. The number of carbonyl (C=O) groups excluding carboxylic acids is 1. The Bertz CT molecular complexity index is 1140. The monoisotopic (exact) mass is 528 g/mol. The van der Waals surface area contributed by atoms with E-state index >= 15 is 0 Å². The Labute approximate surface area is 209 Å². The molecule has 0 aliphatic carbocycles. The van der Waals surface area contributed by atoms with Gasteiger partial charge in [0.25, 0.3) is 5.91 Å². The van der Waals surface area contributed by atoms with E-state index in [1.165, 1.54) is 0 Å². The summed E-state index contributed by atoms with van der Waals surface area (Å²) >= 11 is 3.64. The van der Waals surface area contributed by atoms with E-state index in [1.54, 1.807) is 0 Å². The van der Waals surface area contributed by atoms with E-state index in [2.05, 4.69) is 48.5 Å². The maximum absolute atomic E-state index is 12.1. The standard InChI is InChI=1S/C25H33BrN6O2/c1-5-25(2,3)31-20(33)15-34-18-8-6-16(7-9-18)23-29-22-21(19(26)14-27-24(22)30-23)28-17-10-12-32(4)13-11-17/h6-9,14,17H,5,10-13,15H2,1-4H3,(H,31,33)(H2,27,28,29,30). The van der Waals surface area contributed by atoms with E-state index < -0.39 is 0 Å². The van der Waals surface area contributed by atoms with Crippen LogP contribution >= 0.6 is 15.9 Å². The molecule has 4 rings (SSSR count). The highest BCUT2D eigenvalue weighted by Gasteiger charge is 2.21. The van der Waals surface area contributed by atoms with Gasteiger partial charge in [-0.1, -0.05) is 6.92 Å². The molecule has 1 aliphatic rings. The number of benzene rings is 1. The molecule has 0 unspecified atom stereocenters. The molecule has 3 N–H and O–H groups in total. The average molecular weight is 529 g/mol. The lowest BCUT2D eigenvalue weighted by atomic mass is 10.0. The van der Waals surface area contributed by atoms with Crippen molar-refractivity contribution in [3.05, 3.63) is 34.9 Å². The number of carbonyl (C=O) groups is 1. The van der Waals surface area contributed by atoms with Gasteiger partial charge in [0.15, 0.2) is 12.3 Å². The lowest BCUT2D eigenvalue weighted by Crippen LogP contribution is -2.44. The smallest absolute Gasteiger partial charge is 0.258 e. The predicted molar refractivity (Wildman–Crippen MR) is 139 cm³/mol. The predicted octanol–water partition coefficient (Wildman–Crippen LogP) is 4.58. The Morgan fingerprint density at radius 3 is 2.65 bits per heavy atom. The number of H-pyrrole nitrogens is 1. The molecule has 0 bridgehead atoms. The molecular formula is C25H33BrN6O2. The van der Waals surface area contributed by atoms with Gasteiger partial charge in [-0.25, -0.2) is 9.97 Å². The minimum absolute atomic E-state index is 0.0165. The number of rotatable bonds is 8. The molecule has 2 aromatic heterocycles. The number of amides is 1. The van der Waals surface area contributed by atoms with Crippen LogP contribution in [-0.2, 0) is 4.79 Å². The van der Waals surface area contributed by atoms with Crippen LogP contribution in [0.15, 0.2) is 34.9 Å². The van der Waals surface area contributed by atoms with Crippen LogP contribution < -0.4 is 15.4 Å². The second-order valence-electron chi connectivity index (χ2n) is 9.58. The lowest BCUT2D eigenvalue weighted by Gasteiger charge is -2.30. The number of halogens is 1. The number of pyridine rings is 1. The number of piperidine rings is 1. The second kappa shape index (κ2) is 10.3. The summed E-state index contributed by atoms with van der Waals surface area (Å²) in [5, 5.41) is 6.65. The maximum atomic E-state index is 12.1. The molecule has 0 radical (unpaired) electrons. The lowest BCUT2D eigenvalue weighted by molar-refractivity contribution is -0.124. The van der Waals surface area contributed by atoms with Gasteiger partial charge in [-0.3, -0.25) is 4.79 Å². The maximum Gasteiger partial charge on any atom is 0.258 e. The molecule has 3 heterocycles. The van der Waals surface area contributed by atoms with Crippen molar-refractivity contribution in [1.82, 2.24) is 25.2 Å². The summed E-state index contributed by atoms with van der Waals surface area (Å²) < 4.78 is 6.57. The third-order valence-corrected chi connectivity index (χ3v) is 6.99. The summed E-state index contributed by atoms with van der Waals surface area (Å²) in [5.41, 5.74) is 3.21. The number of ether oxygens (including phenoxy) is 1. The number of fused-ring (bicyclic) bond motifs is 1. The quantitative estimate of drug-likeness (QED) is 0.396. The van der Waals surface area contributed by atoms with Crippen molar-refractivity contribution in [1.29, 1.82) is 0 Å². The molecule has 1 amide bonds. The van der Waals surface area contributed by atoms with E-state index in [4.69, 9.17) is 9.72 Å². The molecule has 3 aromatic rings. The zero-order valence-electron chi connectivity index (χ0n) is 20.2. The Morgan fingerprint density at radius 2 is 1.97 bits per heavy atom. The molecule has 1 fully saturated rings. The van der Waals surface area contributed by atoms with E-state index in [-0.39, 0.29) is 18.1 Å². The van der Waals surface area contributed by atoms with Crippen LogP contribution in [0.1, 0.15) is 40.0 Å². The number of imidazole rings is 1. The van der Waals surface area contributed by atoms with Crippen molar-refractivity contribution >= 4 is 38.7 Å². The van der Waals surface area contributed by atoms with E-state index in [9.17, 15) is 4.79 Å². The Morgan fingerprint density at radius 1 is 1.26 bits per heavy atom. The van der Waals surface area contributed by atoms with Gasteiger partial charge in [-0.15, -0.1) is 0 Å². The minimum Gasteiger partial charge on any atom is -0.484 e. The first-order chi connectivity index (χ1) is 16.2. The van der Waals surface area contributed by atoms with Gasteiger partial charge < -0.3 is 25.3 Å². The van der Waals surface area contributed by atoms with E-state index in [0.717, 1.165) is 65.1 Å². The minimum atomic E-state index is -0.240. The van der Waals surface area contributed by atoms with Gasteiger partial charge in [-0.05, 0) is 93.4 Å². The number of aromatic amines is 1. The van der Waals surface area contributed by atoms with E-state index in [0.29, 0.717) is 11.8 Å². The molecule has 0 saturated carbocycles. The number of nitrogens with zero attached hydrogens (tertiary/aromatic N) is 3. The third kappa shape index (κ3) is 5.88. The van der Waals surface area contributed by atoms with Crippen LogP contribution in [0, 0.1) is 0 Å². The first kappa shape index (κ1) is 24.5. The molecular weight excluding hydrogens is 496 g/mol. The summed E-state index contributed by atoms with van der Waals surface area (Å²) in [6.07, 6.45) is 4.86. The number of aromatic nitrogens is 3. The van der Waals surface area contributed by atoms with Crippen molar-refractivity contribution in [2.45, 2.75) is 51.6 Å². The number of likely N-dealkylation sites (tertiary alicyclic amines) is 1. The summed E-state index contributed by atoms with van der Waals surface area (Å²) in [5.74, 6) is 1.24. The summed E-state index contributed by atoms with van der Waals surface area (Å²) in [7, 11) is 2.16. The Hall–Kier alpha value is -2.65. The summed E-state index contributed by atoms with van der Waals surface area (Å²) in [6, 6.07) is 7.97. The van der Waals surface area contributed by atoms with Crippen molar-refractivity contribution in [3.63, 3.8) is 0 Å². The van der Waals surface area contributed by atoms with Crippen LogP contribution in [0.2, 0.25) is 0 Å². The van der Waals surface area contributed by atoms with Gasteiger partial charge in [-0.2, -0.15) is 0 Å². The zero-order chi connectivity index (χ0) is 24.3. The Kier molecular flexibility index (Phi) is 7.42. The van der Waals surface area contributed by atoms with Gasteiger partial charge in [0.05, 0.1) is 10.2 Å².